The van der Waals surface area contributed by atoms with Gasteiger partial charge in [0.25, 0.3) is 0 Å². The first-order valence-electron chi connectivity index (χ1n) is 5.86. The van der Waals surface area contributed by atoms with Gasteiger partial charge in [-0.25, -0.2) is 0 Å². The lowest BCUT2D eigenvalue weighted by Crippen LogP contribution is -2.47. The minimum Gasteiger partial charge on any atom is -0.394 e. The zero-order chi connectivity index (χ0) is 13.6. The predicted molar refractivity (Wildman–Crippen MR) is 77.1 cm³/mol. The molecule has 0 bridgehead atoms. The Morgan fingerprint density at radius 2 is 2.28 bits per heavy atom. The Morgan fingerprint density at radius 1 is 1.56 bits per heavy atom. The van der Waals surface area contributed by atoms with E-state index >= 15 is 0 Å². The Balaban J connectivity index is 2.65. The highest BCUT2D eigenvalue weighted by atomic mass is 79.9. The van der Waals surface area contributed by atoms with E-state index in [0.29, 0.717) is 6.42 Å². The van der Waals surface area contributed by atoms with Crippen LogP contribution in [0.1, 0.15) is 25.8 Å². The van der Waals surface area contributed by atoms with Crippen LogP contribution in [0.2, 0.25) is 0 Å². The molecule has 1 atom stereocenters. The summed E-state index contributed by atoms with van der Waals surface area (Å²) in [5.41, 5.74) is 0.389. The number of aliphatic hydroxyl groups excluding tert-OH is 1. The fraction of sp³-hybridized carbons (Fsp3) is 0.357. The first kappa shape index (κ1) is 14.9. The van der Waals surface area contributed by atoms with E-state index in [2.05, 4.69) is 21.2 Å². The molecule has 1 unspecified atom stereocenters. The van der Waals surface area contributed by atoms with Gasteiger partial charge in [0.15, 0.2) is 0 Å². The lowest BCUT2D eigenvalue weighted by Gasteiger charge is -2.26. The fourth-order valence-electron chi connectivity index (χ4n) is 1.36. The van der Waals surface area contributed by atoms with Crippen LogP contribution in [0.25, 0.3) is 6.08 Å². The van der Waals surface area contributed by atoms with Crippen LogP contribution in [0.3, 0.4) is 0 Å². The van der Waals surface area contributed by atoms with E-state index in [0.717, 1.165) is 10.0 Å². The van der Waals surface area contributed by atoms with E-state index in [9.17, 15) is 9.90 Å². The summed E-state index contributed by atoms with van der Waals surface area (Å²) in [5, 5.41) is 12.0. The van der Waals surface area contributed by atoms with Crippen LogP contribution in [0.4, 0.5) is 0 Å². The van der Waals surface area contributed by atoms with Gasteiger partial charge in [-0.2, -0.15) is 0 Å². The number of carbonyl (C=O) groups excluding carboxylic acids is 1. The van der Waals surface area contributed by atoms with Gasteiger partial charge in [0.05, 0.1) is 12.1 Å². The molecule has 0 aliphatic heterocycles. The highest BCUT2D eigenvalue weighted by molar-refractivity contribution is 9.10. The predicted octanol–water partition coefficient (Wildman–Crippen LogP) is 2.74. The summed E-state index contributed by atoms with van der Waals surface area (Å²) in [5.74, 6) is -0.201. The molecule has 3 nitrogen and oxygen atoms in total. The van der Waals surface area contributed by atoms with E-state index in [4.69, 9.17) is 0 Å². The Labute approximate surface area is 116 Å². The Morgan fingerprint density at radius 3 is 2.83 bits per heavy atom. The molecule has 0 aliphatic carbocycles. The van der Waals surface area contributed by atoms with Crippen molar-refractivity contribution in [1.82, 2.24) is 5.32 Å². The van der Waals surface area contributed by atoms with E-state index in [1.807, 2.05) is 38.1 Å². The number of hydrogen-bond donors (Lipinski definition) is 2. The maximum Gasteiger partial charge on any atom is 0.244 e. The highest BCUT2D eigenvalue weighted by Crippen LogP contribution is 2.13. The van der Waals surface area contributed by atoms with Crippen LogP contribution >= 0.6 is 15.9 Å². The van der Waals surface area contributed by atoms with Gasteiger partial charge >= 0.3 is 0 Å². The molecule has 1 rings (SSSR count). The summed E-state index contributed by atoms with van der Waals surface area (Å²) < 4.78 is 0.971. The van der Waals surface area contributed by atoms with Crippen molar-refractivity contribution in [1.29, 1.82) is 0 Å². The van der Waals surface area contributed by atoms with E-state index in [1.54, 1.807) is 6.08 Å². The monoisotopic (exact) mass is 311 g/mol. The summed E-state index contributed by atoms with van der Waals surface area (Å²) >= 11 is 3.37. The maximum atomic E-state index is 11.7. The van der Waals surface area contributed by atoms with Gasteiger partial charge in [0, 0.05) is 10.5 Å². The van der Waals surface area contributed by atoms with Gasteiger partial charge in [0.1, 0.15) is 0 Å². The third kappa shape index (κ3) is 4.63. The molecule has 0 aliphatic rings. The molecule has 0 heterocycles. The molecule has 1 amide bonds. The van der Waals surface area contributed by atoms with Crippen LogP contribution in [-0.2, 0) is 4.79 Å². The van der Waals surface area contributed by atoms with Crippen LogP contribution in [-0.4, -0.2) is 23.2 Å². The Hall–Kier alpha value is -1.13. The first-order chi connectivity index (χ1) is 8.49. The van der Waals surface area contributed by atoms with Crippen molar-refractivity contribution in [2.45, 2.75) is 25.8 Å². The summed E-state index contributed by atoms with van der Waals surface area (Å²) in [6.45, 7) is 3.67. The van der Waals surface area contributed by atoms with Gasteiger partial charge in [-0.05, 0) is 37.1 Å². The van der Waals surface area contributed by atoms with Crippen LogP contribution < -0.4 is 5.32 Å². The third-order valence-electron chi connectivity index (χ3n) is 2.83. The summed E-state index contributed by atoms with van der Waals surface area (Å²) in [6.07, 6.45) is 3.90. The molecule has 18 heavy (non-hydrogen) atoms. The number of hydrogen-bond acceptors (Lipinski definition) is 2. The van der Waals surface area contributed by atoms with Gasteiger partial charge in [-0.1, -0.05) is 35.0 Å². The number of benzene rings is 1. The van der Waals surface area contributed by atoms with Crippen molar-refractivity contribution in [3.63, 3.8) is 0 Å². The van der Waals surface area contributed by atoms with Crippen molar-refractivity contribution in [3.05, 3.63) is 40.4 Å². The minimum absolute atomic E-state index is 0.0695. The largest absolute Gasteiger partial charge is 0.394 e. The van der Waals surface area contributed by atoms with Crippen LogP contribution in [0, 0.1) is 0 Å². The molecule has 1 aromatic carbocycles. The lowest BCUT2D eigenvalue weighted by atomic mass is 10.0. The maximum absolute atomic E-state index is 11.7. The zero-order valence-corrected chi connectivity index (χ0v) is 12.2. The molecular formula is C14H18BrNO2. The summed E-state index contributed by atoms with van der Waals surface area (Å²) in [7, 11) is 0. The molecule has 98 valence electrons. The average Bonchev–Trinajstić information content (AvgIpc) is 2.36. The van der Waals surface area contributed by atoms with E-state index in [1.165, 1.54) is 6.08 Å². The van der Waals surface area contributed by atoms with E-state index < -0.39 is 5.54 Å². The molecular weight excluding hydrogens is 294 g/mol. The summed E-state index contributed by atoms with van der Waals surface area (Å²) in [6, 6.07) is 7.68. The average molecular weight is 312 g/mol. The standard InChI is InChI=1S/C14H18BrNO2/c1-3-14(2,10-17)16-13(18)8-7-11-5-4-6-12(15)9-11/h4-9,17H,3,10H2,1-2H3,(H,16,18). The molecule has 0 spiro atoms. The summed E-state index contributed by atoms with van der Waals surface area (Å²) in [4.78, 5) is 11.7. The molecule has 0 saturated heterocycles. The molecule has 0 aromatic heterocycles. The first-order valence-corrected chi connectivity index (χ1v) is 6.65. The second-order valence-corrected chi connectivity index (χ2v) is 5.37. The molecule has 0 saturated carbocycles. The van der Waals surface area contributed by atoms with Crippen molar-refractivity contribution in [2.24, 2.45) is 0 Å². The van der Waals surface area contributed by atoms with E-state index in [-0.39, 0.29) is 12.5 Å². The lowest BCUT2D eigenvalue weighted by molar-refractivity contribution is -0.118. The Bertz CT molecular complexity index is 439. The minimum atomic E-state index is -0.557. The van der Waals surface area contributed by atoms with Crippen molar-refractivity contribution < 1.29 is 9.90 Å². The SMILES string of the molecule is CCC(C)(CO)NC(=O)C=Cc1cccc(Br)c1. The number of rotatable bonds is 5. The highest BCUT2D eigenvalue weighted by Gasteiger charge is 2.21. The fourth-order valence-corrected chi connectivity index (χ4v) is 1.78. The zero-order valence-electron chi connectivity index (χ0n) is 10.6. The second kappa shape index (κ2) is 6.71. The molecule has 2 N–H and O–H groups in total. The molecule has 1 aromatic rings. The number of carbonyl (C=O) groups is 1. The number of amides is 1. The Kier molecular flexibility index (Phi) is 5.56. The van der Waals surface area contributed by atoms with Crippen molar-refractivity contribution >= 4 is 27.9 Å². The molecule has 0 fully saturated rings. The van der Waals surface area contributed by atoms with Crippen LogP contribution in [0.5, 0.6) is 0 Å². The topological polar surface area (TPSA) is 49.3 Å². The van der Waals surface area contributed by atoms with Gasteiger partial charge < -0.3 is 10.4 Å². The van der Waals surface area contributed by atoms with Gasteiger partial charge in [-0.3, -0.25) is 4.79 Å². The normalized spacial score (nSPS) is 14.4. The second-order valence-electron chi connectivity index (χ2n) is 4.45. The van der Waals surface area contributed by atoms with Crippen molar-refractivity contribution in [3.8, 4) is 0 Å². The molecule has 4 heteroatoms. The smallest absolute Gasteiger partial charge is 0.244 e. The number of halogens is 1. The van der Waals surface area contributed by atoms with Crippen molar-refractivity contribution in [2.75, 3.05) is 6.61 Å². The quantitative estimate of drug-likeness (QED) is 0.821. The number of nitrogens with one attached hydrogen (secondary N) is 1. The van der Waals surface area contributed by atoms with Gasteiger partial charge in [0.2, 0.25) is 5.91 Å². The van der Waals surface area contributed by atoms with Gasteiger partial charge in [-0.15, -0.1) is 0 Å². The van der Waals surface area contributed by atoms with Crippen LogP contribution in [0.15, 0.2) is 34.8 Å². The molecule has 0 radical (unpaired) electrons. The number of aliphatic hydroxyl groups is 1. The third-order valence-corrected chi connectivity index (χ3v) is 3.32.